The van der Waals surface area contributed by atoms with Crippen molar-refractivity contribution >= 4 is 23.2 Å². The van der Waals surface area contributed by atoms with E-state index in [9.17, 15) is 18.4 Å². The number of hydrogen-bond acceptors (Lipinski definition) is 2. The summed E-state index contributed by atoms with van der Waals surface area (Å²) in [5.74, 6) is -1.17. The minimum Gasteiger partial charge on any atom is -0.325 e. The molecule has 2 fully saturated rings. The van der Waals surface area contributed by atoms with Crippen LogP contribution >= 0.6 is 0 Å². The summed E-state index contributed by atoms with van der Waals surface area (Å²) < 4.78 is 27.9. The topological polar surface area (TPSA) is 49.4 Å². The fourth-order valence-corrected chi connectivity index (χ4v) is 4.35. The summed E-state index contributed by atoms with van der Waals surface area (Å²) in [6.07, 6.45) is 4.32. The quantitative estimate of drug-likeness (QED) is 0.841. The lowest BCUT2D eigenvalue weighted by atomic mass is 9.78. The average Bonchev–Trinajstić information content (AvgIpc) is 3.33. The summed E-state index contributed by atoms with van der Waals surface area (Å²) in [5, 5.41) is 2.83. The molecule has 1 aliphatic carbocycles. The van der Waals surface area contributed by atoms with Crippen molar-refractivity contribution in [2.75, 3.05) is 16.8 Å². The molecule has 2 aromatic rings. The van der Waals surface area contributed by atoms with Crippen molar-refractivity contribution in [1.29, 1.82) is 0 Å². The van der Waals surface area contributed by atoms with Gasteiger partial charge in [-0.15, -0.1) is 0 Å². The van der Waals surface area contributed by atoms with E-state index in [4.69, 9.17) is 0 Å². The molecule has 0 aromatic heterocycles. The summed E-state index contributed by atoms with van der Waals surface area (Å²) in [4.78, 5) is 26.4. The maximum Gasteiger partial charge on any atom is 0.235 e. The lowest BCUT2D eigenvalue weighted by molar-refractivity contribution is -0.121. The van der Waals surface area contributed by atoms with Crippen LogP contribution in [0.15, 0.2) is 42.5 Å². The first kappa shape index (κ1) is 18.6. The van der Waals surface area contributed by atoms with E-state index >= 15 is 0 Å². The molecule has 1 aliphatic heterocycles. The van der Waals surface area contributed by atoms with Gasteiger partial charge in [0.15, 0.2) is 0 Å². The molecule has 28 heavy (non-hydrogen) atoms. The minimum atomic E-state index is -0.728. The van der Waals surface area contributed by atoms with Gasteiger partial charge in [0.1, 0.15) is 11.6 Å². The highest BCUT2D eigenvalue weighted by Gasteiger charge is 2.42. The van der Waals surface area contributed by atoms with E-state index < -0.39 is 11.2 Å². The first-order valence-electron chi connectivity index (χ1n) is 9.67. The summed E-state index contributed by atoms with van der Waals surface area (Å²) in [6, 6.07) is 10.5. The smallest absolute Gasteiger partial charge is 0.235 e. The Bertz CT molecular complexity index is 905. The van der Waals surface area contributed by atoms with Gasteiger partial charge in [0.2, 0.25) is 11.8 Å². The average molecular weight is 384 g/mol. The maximum absolute atomic E-state index is 14.6. The second kappa shape index (κ2) is 7.34. The van der Waals surface area contributed by atoms with Gasteiger partial charge < -0.3 is 10.2 Å². The van der Waals surface area contributed by atoms with Crippen molar-refractivity contribution in [3.8, 4) is 0 Å². The van der Waals surface area contributed by atoms with Crippen LogP contribution in [0.3, 0.4) is 0 Å². The van der Waals surface area contributed by atoms with Gasteiger partial charge in [0.25, 0.3) is 0 Å². The van der Waals surface area contributed by atoms with Crippen molar-refractivity contribution in [3.05, 3.63) is 59.7 Å². The monoisotopic (exact) mass is 384 g/mol. The van der Waals surface area contributed by atoms with Crippen LogP contribution in [0.1, 0.15) is 44.1 Å². The van der Waals surface area contributed by atoms with Crippen LogP contribution < -0.4 is 10.2 Å². The Balaban J connectivity index is 1.57. The molecule has 1 saturated carbocycles. The number of anilines is 2. The Labute approximate surface area is 162 Å². The number of rotatable bonds is 4. The molecule has 0 atom stereocenters. The Morgan fingerprint density at radius 1 is 1.00 bits per heavy atom. The highest BCUT2D eigenvalue weighted by atomic mass is 19.1. The SMILES string of the molecule is O=C1CCCN1c1ccc(NC(=O)C2(c3ccc(F)cc3)CCCC2)cc1F. The van der Waals surface area contributed by atoms with E-state index in [-0.39, 0.29) is 23.3 Å². The molecule has 4 rings (SSSR count). The third-order valence-electron chi connectivity index (χ3n) is 5.86. The molecule has 0 radical (unpaired) electrons. The number of carbonyl (C=O) groups excluding carboxylic acids is 2. The van der Waals surface area contributed by atoms with Crippen molar-refractivity contribution in [1.82, 2.24) is 0 Å². The molecule has 0 bridgehead atoms. The van der Waals surface area contributed by atoms with Gasteiger partial charge in [-0.25, -0.2) is 8.78 Å². The van der Waals surface area contributed by atoms with Gasteiger partial charge in [0.05, 0.1) is 11.1 Å². The van der Waals surface area contributed by atoms with E-state index in [0.29, 0.717) is 31.5 Å². The molecule has 6 heteroatoms. The molecular formula is C22H22F2N2O2. The number of nitrogens with zero attached hydrogens (tertiary/aromatic N) is 1. The minimum absolute atomic E-state index is 0.0862. The molecule has 2 aliphatic rings. The molecule has 0 unspecified atom stereocenters. The molecule has 1 N–H and O–H groups in total. The van der Waals surface area contributed by atoms with Gasteiger partial charge in [-0.1, -0.05) is 25.0 Å². The van der Waals surface area contributed by atoms with Crippen LogP contribution in [-0.4, -0.2) is 18.4 Å². The molecule has 2 aromatic carbocycles. The summed E-state index contributed by atoms with van der Waals surface area (Å²) in [6.45, 7) is 0.509. The van der Waals surface area contributed by atoms with E-state index in [0.717, 1.165) is 24.8 Å². The number of amides is 2. The van der Waals surface area contributed by atoms with E-state index in [1.807, 2.05) is 0 Å². The normalized spacial score (nSPS) is 18.5. The maximum atomic E-state index is 14.6. The lowest BCUT2D eigenvalue weighted by Gasteiger charge is -2.28. The second-order valence-corrected chi connectivity index (χ2v) is 7.57. The standard InChI is InChI=1S/C22H22F2N2O2/c23-16-7-5-15(6-8-16)22(11-1-2-12-22)21(28)25-17-9-10-19(18(24)14-17)26-13-3-4-20(26)27/h5-10,14H,1-4,11-13H2,(H,25,28). The third kappa shape index (κ3) is 3.28. The summed E-state index contributed by atoms with van der Waals surface area (Å²) >= 11 is 0. The van der Waals surface area contributed by atoms with Gasteiger partial charge in [-0.05, 0) is 55.2 Å². The molecule has 4 nitrogen and oxygen atoms in total. The largest absolute Gasteiger partial charge is 0.325 e. The van der Waals surface area contributed by atoms with Crippen LogP contribution in [0.2, 0.25) is 0 Å². The summed E-state index contributed by atoms with van der Waals surface area (Å²) in [7, 11) is 0. The molecule has 1 saturated heterocycles. The van der Waals surface area contributed by atoms with Crippen LogP contribution in [-0.2, 0) is 15.0 Å². The Morgan fingerprint density at radius 2 is 1.71 bits per heavy atom. The first-order chi connectivity index (χ1) is 13.5. The molecule has 2 amide bonds. The zero-order valence-corrected chi connectivity index (χ0v) is 15.5. The lowest BCUT2D eigenvalue weighted by Crippen LogP contribution is -2.38. The highest BCUT2D eigenvalue weighted by Crippen LogP contribution is 2.42. The Hall–Kier alpha value is -2.76. The predicted molar refractivity (Wildman–Crippen MR) is 103 cm³/mol. The Kier molecular flexibility index (Phi) is 4.87. The molecule has 146 valence electrons. The summed E-state index contributed by atoms with van der Waals surface area (Å²) in [5.41, 5.74) is 0.651. The zero-order chi connectivity index (χ0) is 19.7. The van der Waals surface area contributed by atoms with E-state index in [1.54, 1.807) is 18.2 Å². The fourth-order valence-electron chi connectivity index (χ4n) is 4.35. The van der Waals surface area contributed by atoms with Crippen molar-refractivity contribution < 1.29 is 18.4 Å². The van der Waals surface area contributed by atoms with Crippen LogP contribution in [0, 0.1) is 11.6 Å². The van der Waals surface area contributed by atoms with E-state index in [1.165, 1.54) is 29.2 Å². The number of halogens is 2. The van der Waals surface area contributed by atoms with Gasteiger partial charge in [0, 0.05) is 18.7 Å². The molecule has 0 spiro atoms. The fraction of sp³-hybridized carbons (Fsp3) is 0.364. The van der Waals surface area contributed by atoms with Crippen LogP contribution in [0.5, 0.6) is 0 Å². The predicted octanol–water partition coefficient (Wildman–Crippen LogP) is 4.54. The van der Waals surface area contributed by atoms with Gasteiger partial charge in [-0.2, -0.15) is 0 Å². The number of nitrogens with one attached hydrogen (secondary N) is 1. The van der Waals surface area contributed by atoms with Crippen molar-refractivity contribution in [2.24, 2.45) is 0 Å². The highest BCUT2D eigenvalue weighted by molar-refractivity contribution is 6.00. The number of benzene rings is 2. The second-order valence-electron chi connectivity index (χ2n) is 7.57. The Morgan fingerprint density at radius 3 is 2.32 bits per heavy atom. The zero-order valence-electron chi connectivity index (χ0n) is 15.5. The number of hydrogen-bond donors (Lipinski definition) is 1. The van der Waals surface area contributed by atoms with Crippen molar-refractivity contribution in [2.45, 2.75) is 43.9 Å². The van der Waals surface area contributed by atoms with E-state index in [2.05, 4.69) is 5.32 Å². The van der Waals surface area contributed by atoms with Gasteiger partial charge in [-0.3, -0.25) is 9.59 Å². The van der Waals surface area contributed by atoms with Crippen molar-refractivity contribution in [3.63, 3.8) is 0 Å². The van der Waals surface area contributed by atoms with Crippen LogP contribution in [0.4, 0.5) is 20.2 Å². The number of carbonyl (C=O) groups is 2. The molecular weight excluding hydrogens is 362 g/mol. The van der Waals surface area contributed by atoms with Crippen LogP contribution in [0.25, 0.3) is 0 Å². The molecule has 1 heterocycles. The van der Waals surface area contributed by atoms with Gasteiger partial charge >= 0.3 is 0 Å². The third-order valence-corrected chi connectivity index (χ3v) is 5.86. The first-order valence-corrected chi connectivity index (χ1v) is 9.67.